The van der Waals surface area contributed by atoms with Gasteiger partial charge < -0.3 is 26.0 Å². The second-order valence-electron chi connectivity index (χ2n) is 6.80. The van der Waals surface area contributed by atoms with Gasteiger partial charge in [-0.3, -0.25) is 0 Å². The van der Waals surface area contributed by atoms with Crippen molar-refractivity contribution in [2.75, 3.05) is 6.61 Å². The summed E-state index contributed by atoms with van der Waals surface area (Å²) in [6.07, 6.45) is -3.30. The second kappa shape index (κ2) is 5.87. The van der Waals surface area contributed by atoms with Gasteiger partial charge in [0, 0.05) is 10.8 Å². The number of primary amides is 2. The first-order valence-electron chi connectivity index (χ1n) is 6.34. The zero-order valence-corrected chi connectivity index (χ0v) is 13.0. The average molecular weight is 290 g/mol. The second-order valence-corrected chi connectivity index (χ2v) is 6.80. The third-order valence-corrected chi connectivity index (χ3v) is 3.34. The summed E-state index contributed by atoms with van der Waals surface area (Å²) in [7, 11) is 0. The number of amides is 2. The van der Waals surface area contributed by atoms with Gasteiger partial charge >= 0.3 is 12.2 Å². The SMILES string of the molecule is CC(C)(C)C(OC(N)=O)(C(O)COC(N)=O)C(C)(C)C. The Balaban J connectivity index is 5.74. The number of ether oxygens (including phenoxy) is 2. The number of hydrogen-bond acceptors (Lipinski definition) is 5. The van der Waals surface area contributed by atoms with Gasteiger partial charge in [-0.2, -0.15) is 0 Å². The summed E-state index contributed by atoms with van der Waals surface area (Å²) in [5.74, 6) is 0. The number of nitrogens with two attached hydrogens (primary N) is 2. The van der Waals surface area contributed by atoms with Crippen molar-refractivity contribution in [1.82, 2.24) is 0 Å². The molecule has 0 aromatic carbocycles. The molecule has 0 radical (unpaired) electrons. The minimum atomic E-state index is -1.36. The smallest absolute Gasteiger partial charge is 0.405 e. The van der Waals surface area contributed by atoms with Crippen molar-refractivity contribution in [1.29, 1.82) is 0 Å². The van der Waals surface area contributed by atoms with Gasteiger partial charge in [-0.15, -0.1) is 0 Å². The largest absolute Gasteiger partial charge is 0.447 e. The number of aliphatic hydroxyl groups excluding tert-OH is 1. The summed E-state index contributed by atoms with van der Waals surface area (Å²) in [6, 6.07) is 0. The summed E-state index contributed by atoms with van der Waals surface area (Å²) in [4.78, 5) is 22.0. The number of rotatable bonds is 4. The maximum Gasteiger partial charge on any atom is 0.405 e. The number of hydrogen-bond donors (Lipinski definition) is 3. The number of aliphatic hydroxyl groups is 1. The molecule has 0 aliphatic heterocycles. The van der Waals surface area contributed by atoms with E-state index in [1.54, 1.807) is 41.5 Å². The van der Waals surface area contributed by atoms with Crippen molar-refractivity contribution < 1.29 is 24.2 Å². The van der Waals surface area contributed by atoms with Crippen molar-refractivity contribution in [3.63, 3.8) is 0 Å². The summed E-state index contributed by atoms with van der Waals surface area (Å²) >= 11 is 0. The molecular weight excluding hydrogens is 264 g/mol. The van der Waals surface area contributed by atoms with Gasteiger partial charge in [0.05, 0.1) is 0 Å². The Kier molecular flexibility index (Phi) is 5.43. The lowest BCUT2D eigenvalue weighted by molar-refractivity contribution is -0.208. The van der Waals surface area contributed by atoms with E-state index in [-0.39, 0.29) is 0 Å². The van der Waals surface area contributed by atoms with Gasteiger partial charge in [-0.1, -0.05) is 41.5 Å². The molecule has 0 aromatic heterocycles. The van der Waals surface area contributed by atoms with E-state index in [9.17, 15) is 14.7 Å². The fourth-order valence-corrected chi connectivity index (χ4v) is 2.94. The van der Waals surface area contributed by atoms with E-state index in [4.69, 9.17) is 16.2 Å². The average Bonchev–Trinajstić information content (AvgIpc) is 2.18. The minimum absolute atomic E-state index is 0.392. The monoisotopic (exact) mass is 290 g/mol. The van der Waals surface area contributed by atoms with Gasteiger partial charge in [-0.05, 0) is 0 Å². The van der Waals surface area contributed by atoms with Crippen molar-refractivity contribution >= 4 is 12.2 Å². The predicted octanol–water partition coefficient (Wildman–Crippen LogP) is 1.37. The molecule has 20 heavy (non-hydrogen) atoms. The van der Waals surface area contributed by atoms with Gasteiger partial charge in [0.1, 0.15) is 12.7 Å². The molecule has 0 fully saturated rings. The molecule has 0 heterocycles. The lowest BCUT2D eigenvalue weighted by Crippen LogP contribution is -2.65. The van der Waals surface area contributed by atoms with Crippen LogP contribution >= 0.6 is 0 Å². The Hall–Kier alpha value is -1.50. The van der Waals surface area contributed by atoms with Gasteiger partial charge in [0.25, 0.3) is 0 Å². The number of carbonyl (C=O) groups is 2. The lowest BCUT2D eigenvalue weighted by Gasteiger charge is -2.53. The molecule has 5 N–H and O–H groups in total. The molecule has 1 atom stereocenters. The van der Waals surface area contributed by atoms with Crippen LogP contribution in [-0.4, -0.2) is 35.6 Å². The Morgan fingerprint density at radius 1 is 1.00 bits per heavy atom. The Bertz CT molecular complexity index is 354. The number of carbonyl (C=O) groups excluding carboxylic acids is 2. The molecule has 0 rings (SSSR count). The maximum atomic E-state index is 11.3. The fraction of sp³-hybridized carbons (Fsp3) is 0.846. The van der Waals surface area contributed by atoms with Crippen LogP contribution in [0.1, 0.15) is 41.5 Å². The molecule has 0 aliphatic carbocycles. The maximum absolute atomic E-state index is 11.3. The Labute approximate surface area is 119 Å². The van der Waals surface area contributed by atoms with Gasteiger partial charge in [0.2, 0.25) is 0 Å². The molecule has 0 aliphatic rings. The lowest BCUT2D eigenvalue weighted by atomic mass is 9.59. The van der Waals surface area contributed by atoms with E-state index in [1.807, 2.05) is 0 Å². The highest BCUT2D eigenvalue weighted by molar-refractivity contribution is 5.66. The highest BCUT2D eigenvalue weighted by Crippen LogP contribution is 2.49. The van der Waals surface area contributed by atoms with Crippen molar-refractivity contribution in [2.24, 2.45) is 22.3 Å². The zero-order chi connectivity index (χ0) is 16.4. The van der Waals surface area contributed by atoms with Gasteiger partial charge in [-0.25, -0.2) is 9.59 Å². The molecule has 0 spiro atoms. The first-order valence-corrected chi connectivity index (χ1v) is 6.34. The van der Waals surface area contributed by atoms with E-state index in [2.05, 4.69) is 4.74 Å². The minimum Gasteiger partial charge on any atom is -0.447 e. The summed E-state index contributed by atoms with van der Waals surface area (Å²) in [5, 5.41) is 10.5. The molecule has 7 nitrogen and oxygen atoms in total. The summed E-state index contributed by atoms with van der Waals surface area (Å²) in [5.41, 5.74) is 7.37. The van der Waals surface area contributed by atoms with Crippen LogP contribution in [0, 0.1) is 10.8 Å². The van der Waals surface area contributed by atoms with Crippen LogP contribution in [-0.2, 0) is 9.47 Å². The molecule has 1 unspecified atom stereocenters. The normalized spacial score (nSPS) is 14.6. The van der Waals surface area contributed by atoms with Crippen LogP contribution in [0.3, 0.4) is 0 Å². The molecular formula is C13H26N2O5. The van der Waals surface area contributed by atoms with Crippen LogP contribution in [0.4, 0.5) is 9.59 Å². The van der Waals surface area contributed by atoms with Crippen LogP contribution in [0.2, 0.25) is 0 Å². The fourth-order valence-electron chi connectivity index (χ4n) is 2.94. The van der Waals surface area contributed by atoms with E-state index in [0.29, 0.717) is 0 Å². The molecule has 0 saturated heterocycles. The highest BCUT2D eigenvalue weighted by atomic mass is 16.6. The summed E-state index contributed by atoms with van der Waals surface area (Å²) < 4.78 is 9.96. The molecule has 0 bridgehead atoms. The van der Waals surface area contributed by atoms with Crippen LogP contribution in [0.5, 0.6) is 0 Å². The zero-order valence-electron chi connectivity index (χ0n) is 13.0. The molecule has 0 saturated carbocycles. The first-order chi connectivity index (χ1) is 8.75. The van der Waals surface area contributed by atoms with Crippen molar-refractivity contribution in [3.8, 4) is 0 Å². The summed E-state index contributed by atoms with van der Waals surface area (Å²) in [6.45, 7) is 10.4. The van der Waals surface area contributed by atoms with Crippen LogP contribution in [0.25, 0.3) is 0 Å². The van der Waals surface area contributed by atoms with Gasteiger partial charge in [0.15, 0.2) is 5.60 Å². The van der Waals surface area contributed by atoms with E-state index < -0.39 is 41.3 Å². The van der Waals surface area contributed by atoms with Crippen LogP contribution in [0.15, 0.2) is 0 Å². The standard InChI is InChI=1S/C13H26N2O5/c1-11(2,3)13(12(4,5)6,20-10(15)18)8(16)7-19-9(14)17/h8,16H,7H2,1-6H3,(H2,14,17)(H2,15,18). The first kappa shape index (κ1) is 18.5. The molecule has 118 valence electrons. The molecule has 0 aromatic rings. The van der Waals surface area contributed by atoms with Crippen LogP contribution < -0.4 is 11.5 Å². The van der Waals surface area contributed by atoms with E-state index >= 15 is 0 Å². The quantitative estimate of drug-likeness (QED) is 0.721. The van der Waals surface area contributed by atoms with Crippen molar-refractivity contribution in [3.05, 3.63) is 0 Å². The van der Waals surface area contributed by atoms with E-state index in [0.717, 1.165) is 0 Å². The topological polar surface area (TPSA) is 125 Å². The third kappa shape index (κ3) is 3.75. The highest BCUT2D eigenvalue weighted by Gasteiger charge is 2.59. The Morgan fingerprint density at radius 2 is 1.40 bits per heavy atom. The molecule has 7 heteroatoms. The van der Waals surface area contributed by atoms with Crippen molar-refractivity contribution in [2.45, 2.75) is 53.2 Å². The van der Waals surface area contributed by atoms with E-state index in [1.165, 1.54) is 0 Å². The molecule has 2 amide bonds. The predicted molar refractivity (Wildman–Crippen MR) is 73.9 cm³/mol. The third-order valence-electron chi connectivity index (χ3n) is 3.34. The Morgan fingerprint density at radius 3 is 1.65 bits per heavy atom.